The Morgan fingerprint density at radius 3 is 3.05 bits per heavy atom. The van der Waals surface area contributed by atoms with Crippen LogP contribution in [0.1, 0.15) is 23.1 Å². The van der Waals surface area contributed by atoms with Gasteiger partial charge in [-0.3, -0.25) is 9.48 Å². The van der Waals surface area contributed by atoms with Crippen LogP contribution in [0.4, 0.5) is 5.69 Å². The summed E-state index contributed by atoms with van der Waals surface area (Å²) in [6.07, 6.45) is 5.94. The number of hydrogen-bond donors (Lipinski definition) is 1. The van der Waals surface area contributed by atoms with Crippen molar-refractivity contribution in [1.29, 1.82) is 0 Å². The first-order valence-corrected chi connectivity index (χ1v) is 7.70. The smallest absolute Gasteiger partial charge is 0.241 e. The van der Waals surface area contributed by atoms with Gasteiger partial charge in [-0.05, 0) is 42.5 Å². The SMILES string of the molecule is Cc1cnn(CC(=O)NCc2ccc3c(c2)CCCN3C)c1. The molecule has 2 aromatic rings. The largest absolute Gasteiger partial charge is 0.374 e. The lowest BCUT2D eigenvalue weighted by Crippen LogP contribution is -2.28. The molecular formula is C17H22N4O. The Kier molecular flexibility index (Phi) is 4.13. The van der Waals surface area contributed by atoms with E-state index in [1.165, 1.54) is 17.7 Å². The molecule has 0 saturated carbocycles. The maximum absolute atomic E-state index is 12.0. The van der Waals surface area contributed by atoms with Crippen LogP contribution in [0.5, 0.6) is 0 Å². The Balaban J connectivity index is 1.58. The highest BCUT2D eigenvalue weighted by Gasteiger charge is 2.13. The number of benzene rings is 1. The molecule has 0 atom stereocenters. The molecule has 1 amide bonds. The van der Waals surface area contributed by atoms with Crippen molar-refractivity contribution in [2.24, 2.45) is 0 Å². The molecule has 1 aromatic carbocycles. The molecule has 0 bridgehead atoms. The number of amides is 1. The molecule has 116 valence electrons. The zero-order valence-electron chi connectivity index (χ0n) is 13.2. The highest BCUT2D eigenvalue weighted by atomic mass is 16.2. The van der Waals surface area contributed by atoms with E-state index < -0.39 is 0 Å². The van der Waals surface area contributed by atoms with Gasteiger partial charge >= 0.3 is 0 Å². The second-order valence-corrected chi connectivity index (χ2v) is 5.98. The van der Waals surface area contributed by atoms with Gasteiger partial charge in [0, 0.05) is 32.0 Å². The minimum Gasteiger partial charge on any atom is -0.374 e. The molecule has 1 aliphatic rings. The summed E-state index contributed by atoms with van der Waals surface area (Å²) in [5, 5.41) is 7.09. The molecule has 1 N–H and O–H groups in total. The number of nitrogens with one attached hydrogen (secondary N) is 1. The number of fused-ring (bicyclic) bond motifs is 1. The number of aromatic nitrogens is 2. The highest BCUT2D eigenvalue weighted by molar-refractivity contribution is 5.75. The van der Waals surface area contributed by atoms with Gasteiger partial charge in [0.25, 0.3) is 0 Å². The molecule has 0 spiro atoms. The summed E-state index contributed by atoms with van der Waals surface area (Å²) in [6.45, 7) is 3.91. The topological polar surface area (TPSA) is 50.2 Å². The van der Waals surface area contributed by atoms with Crippen molar-refractivity contribution in [2.75, 3.05) is 18.5 Å². The number of carbonyl (C=O) groups is 1. The Hall–Kier alpha value is -2.30. The first-order chi connectivity index (χ1) is 10.6. The van der Waals surface area contributed by atoms with E-state index in [-0.39, 0.29) is 12.5 Å². The second kappa shape index (κ2) is 6.22. The Labute approximate surface area is 130 Å². The lowest BCUT2D eigenvalue weighted by Gasteiger charge is -2.27. The van der Waals surface area contributed by atoms with Crippen LogP contribution in [-0.2, 0) is 24.3 Å². The first-order valence-electron chi connectivity index (χ1n) is 7.70. The molecule has 0 aliphatic carbocycles. The molecule has 0 saturated heterocycles. The summed E-state index contributed by atoms with van der Waals surface area (Å²) in [7, 11) is 2.13. The number of aryl methyl sites for hydroxylation is 2. The van der Waals surface area contributed by atoms with E-state index in [4.69, 9.17) is 0 Å². The van der Waals surface area contributed by atoms with Crippen LogP contribution in [0.25, 0.3) is 0 Å². The number of rotatable bonds is 4. The van der Waals surface area contributed by atoms with E-state index >= 15 is 0 Å². The normalized spacial score (nSPS) is 13.8. The quantitative estimate of drug-likeness (QED) is 0.938. The minimum atomic E-state index is -0.0158. The van der Waals surface area contributed by atoms with Gasteiger partial charge in [0.2, 0.25) is 5.91 Å². The number of anilines is 1. The van der Waals surface area contributed by atoms with E-state index in [1.54, 1.807) is 10.9 Å². The summed E-state index contributed by atoms with van der Waals surface area (Å²) in [4.78, 5) is 14.2. The van der Waals surface area contributed by atoms with Crippen molar-refractivity contribution in [1.82, 2.24) is 15.1 Å². The summed E-state index contributed by atoms with van der Waals surface area (Å²) in [5.41, 5.74) is 4.90. The summed E-state index contributed by atoms with van der Waals surface area (Å²) < 4.78 is 1.66. The molecule has 0 unspecified atom stereocenters. The van der Waals surface area contributed by atoms with Crippen molar-refractivity contribution in [3.8, 4) is 0 Å². The molecule has 2 heterocycles. The van der Waals surface area contributed by atoms with Crippen LogP contribution in [0, 0.1) is 6.92 Å². The Morgan fingerprint density at radius 2 is 2.27 bits per heavy atom. The third kappa shape index (κ3) is 3.30. The lowest BCUT2D eigenvalue weighted by atomic mass is 9.99. The van der Waals surface area contributed by atoms with Crippen LogP contribution >= 0.6 is 0 Å². The fourth-order valence-electron chi connectivity index (χ4n) is 2.91. The van der Waals surface area contributed by atoms with Crippen LogP contribution in [0.2, 0.25) is 0 Å². The number of hydrogen-bond acceptors (Lipinski definition) is 3. The third-order valence-electron chi connectivity index (χ3n) is 4.05. The number of nitrogens with zero attached hydrogens (tertiary/aromatic N) is 3. The zero-order valence-corrected chi connectivity index (χ0v) is 13.2. The van der Waals surface area contributed by atoms with Gasteiger partial charge in [-0.15, -0.1) is 0 Å². The van der Waals surface area contributed by atoms with Gasteiger partial charge in [-0.25, -0.2) is 0 Å². The van der Waals surface area contributed by atoms with Crippen LogP contribution in [-0.4, -0.2) is 29.3 Å². The van der Waals surface area contributed by atoms with Gasteiger partial charge in [-0.1, -0.05) is 12.1 Å². The monoisotopic (exact) mass is 298 g/mol. The van der Waals surface area contributed by atoms with E-state index in [1.807, 2.05) is 13.1 Å². The first kappa shape index (κ1) is 14.6. The predicted octanol–water partition coefficient (Wildman–Crippen LogP) is 1.89. The average Bonchev–Trinajstić information content (AvgIpc) is 2.90. The molecule has 0 radical (unpaired) electrons. The van der Waals surface area contributed by atoms with Crippen molar-refractivity contribution >= 4 is 11.6 Å². The molecular weight excluding hydrogens is 276 g/mol. The van der Waals surface area contributed by atoms with E-state index in [0.717, 1.165) is 24.1 Å². The molecule has 22 heavy (non-hydrogen) atoms. The van der Waals surface area contributed by atoms with Gasteiger partial charge < -0.3 is 10.2 Å². The molecule has 5 heteroatoms. The van der Waals surface area contributed by atoms with Crippen molar-refractivity contribution in [3.63, 3.8) is 0 Å². The van der Waals surface area contributed by atoms with Crippen LogP contribution < -0.4 is 10.2 Å². The summed E-state index contributed by atoms with van der Waals surface area (Å²) >= 11 is 0. The molecule has 5 nitrogen and oxygen atoms in total. The lowest BCUT2D eigenvalue weighted by molar-refractivity contribution is -0.122. The molecule has 1 aromatic heterocycles. The van der Waals surface area contributed by atoms with Crippen molar-refractivity contribution in [3.05, 3.63) is 47.3 Å². The maximum Gasteiger partial charge on any atom is 0.241 e. The number of carbonyl (C=O) groups excluding carboxylic acids is 1. The maximum atomic E-state index is 12.0. The molecule has 1 aliphatic heterocycles. The van der Waals surface area contributed by atoms with Gasteiger partial charge in [-0.2, -0.15) is 5.10 Å². The van der Waals surface area contributed by atoms with Gasteiger partial charge in [0.15, 0.2) is 0 Å². The van der Waals surface area contributed by atoms with E-state index in [2.05, 4.69) is 40.6 Å². The fraction of sp³-hybridized carbons (Fsp3) is 0.412. The summed E-state index contributed by atoms with van der Waals surface area (Å²) in [5.74, 6) is -0.0158. The third-order valence-corrected chi connectivity index (χ3v) is 4.05. The molecule has 3 rings (SSSR count). The molecule has 0 fully saturated rings. The van der Waals surface area contributed by atoms with Gasteiger partial charge in [0.05, 0.1) is 6.20 Å². The van der Waals surface area contributed by atoms with Gasteiger partial charge in [0.1, 0.15) is 6.54 Å². The second-order valence-electron chi connectivity index (χ2n) is 5.98. The predicted molar refractivity (Wildman–Crippen MR) is 86.8 cm³/mol. The Morgan fingerprint density at radius 1 is 1.41 bits per heavy atom. The Bertz CT molecular complexity index is 677. The van der Waals surface area contributed by atoms with Crippen LogP contribution in [0.3, 0.4) is 0 Å². The zero-order chi connectivity index (χ0) is 15.5. The van der Waals surface area contributed by atoms with E-state index in [0.29, 0.717) is 6.54 Å². The minimum absolute atomic E-state index is 0.0158. The fourth-order valence-corrected chi connectivity index (χ4v) is 2.91. The van der Waals surface area contributed by atoms with Crippen molar-refractivity contribution in [2.45, 2.75) is 32.9 Å². The standard InChI is InChI=1S/C17H22N4O/c1-13-9-19-21(11-13)12-17(22)18-10-14-5-6-16-15(8-14)4-3-7-20(16)2/h5-6,8-9,11H,3-4,7,10,12H2,1-2H3,(H,18,22). The van der Waals surface area contributed by atoms with E-state index in [9.17, 15) is 4.79 Å². The average molecular weight is 298 g/mol. The highest BCUT2D eigenvalue weighted by Crippen LogP contribution is 2.26. The van der Waals surface area contributed by atoms with Crippen molar-refractivity contribution < 1.29 is 4.79 Å². The van der Waals surface area contributed by atoms with Crippen LogP contribution in [0.15, 0.2) is 30.6 Å². The summed E-state index contributed by atoms with van der Waals surface area (Å²) in [6, 6.07) is 6.47.